The van der Waals surface area contributed by atoms with Crippen molar-refractivity contribution in [1.29, 1.82) is 0 Å². The minimum Gasteiger partial charge on any atom is -0.477 e. The molecule has 1 unspecified atom stereocenters. The fraction of sp³-hybridized carbons (Fsp3) is 0.643. The summed E-state index contributed by atoms with van der Waals surface area (Å²) >= 11 is 0. The van der Waals surface area contributed by atoms with Crippen LogP contribution in [-0.2, 0) is 10.0 Å². The van der Waals surface area contributed by atoms with Gasteiger partial charge in [-0.15, -0.1) is 0 Å². The molecule has 1 aromatic heterocycles. The summed E-state index contributed by atoms with van der Waals surface area (Å²) in [4.78, 5) is 11.4. The molecule has 0 spiro atoms. The van der Waals surface area contributed by atoms with Crippen LogP contribution in [0.2, 0.25) is 0 Å². The van der Waals surface area contributed by atoms with E-state index in [2.05, 4.69) is 0 Å². The molecule has 1 aliphatic rings. The van der Waals surface area contributed by atoms with Crippen molar-refractivity contribution in [2.75, 3.05) is 6.54 Å². The summed E-state index contributed by atoms with van der Waals surface area (Å²) in [7, 11) is -3.62. The summed E-state index contributed by atoms with van der Waals surface area (Å²) in [6, 6.07) is 1.18. The van der Waals surface area contributed by atoms with E-state index in [-0.39, 0.29) is 22.7 Å². The minimum atomic E-state index is -3.62. The summed E-state index contributed by atoms with van der Waals surface area (Å²) in [5.41, 5.74) is 0.0100. The first-order valence-electron chi connectivity index (χ1n) is 7.26. The molecule has 1 atom stereocenters. The summed E-state index contributed by atoms with van der Waals surface area (Å²) in [6.45, 7) is 6.14. The zero-order chi connectivity index (χ0) is 15.8. The number of carbonyl (C=O) groups is 1. The second-order valence-corrected chi connectivity index (χ2v) is 7.58. The first-order chi connectivity index (χ1) is 9.78. The van der Waals surface area contributed by atoms with E-state index in [1.54, 1.807) is 0 Å². The second kappa shape index (κ2) is 5.81. The van der Waals surface area contributed by atoms with Gasteiger partial charge in [0.1, 0.15) is 10.6 Å². The zero-order valence-corrected chi connectivity index (χ0v) is 13.4. The average Bonchev–Trinajstić information content (AvgIpc) is 3.05. The average molecular weight is 314 g/mol. The maximum Gasteiger partial charge on any atom is 0.352 e. The first kappa shape index (κ1) is 16.0. The van der Waals surface area contributed by atoms with Gasteiger partial charge in [0.2, 0.25) is 10.0 Å². The van der Waals surface area contributed by atoms with E-state index in [4.69, 9.17) is 0 Å². The number of sulfonamides is 1. The van der Waals surface area contributed by atoms with Gasteiger partial charge in [-0.1, -0.05) is 6.92 Å². The standard InChI is InChI=1S/C14H22N2O4S/c1-4-11-6-5-7-16(11)21(19,20)12-8-13(14(17)18)15(9-12)10(2)3/h8-11H,4-7H2,1-3H3,(H,17,18). The van der Waals surface area contributed by atoms with Crippen LogP contribution >= 0.6 is 0 Å². The van der Waals surface area contributed by atoms with E-state index in [0.717, 1.165) is 19.3 Å². The molecule has 1 saturated heterocycles. The number of carboxylic acid groups (broad SMARTS) is 1. The fourth-order valence-corrected chi connectivity index (χ4v) is 4.66. The molecule has 0 bridgehead atoms. The third kappa shape index (κ3) is 2.85. The first-order valence-corrected chi connectivity index (χ1v) is 8.70. The minimum absolute atomic E-state index is 0.0100. The number of carboxylic acids is 1. The predicted octanol–water partition coefficient (Wildman–Crippen LogP) is 2.33. The van der Waals surface area contributed by atoms with Crippen LogP contribution in [0.3, 0.4) is 0 Å². The number of hydrogen-bond acceptors (Lipinski definition) is 3. The molecular formula is C14H22N2O4S. The van der Waals surface area contributed by atoms with E-state index < -0.39 is 16.0 Å². The summed E-state index contributed by atoms with van der Waals surface area (Å²) in [6.07, 6.45) is 3.94. The predicted molar refractivity (Wildman–Crippen MR) is 79.0 cm³/mol. The molecule has 0 radical (unpaired) electrons. The number of hydrogen-bond donors (Lipinski definition) is 1. The molecule has 118 valence electrons. The maximum atomic E-state index is 12.7. The van der Waals surface area contributed by atoms with E-state index in [0.29, 0.717) is 6.54 Å². The highest BCUT2D eigenvalue weighted by Gasteiger charge is 2.35. The van der Waals surface area contributed by atoms with Crippen molar-refractivity contribution in [2.24, 2.45) is 0 Å². The van der Waals surface area contributed by atoms with Crippen LogP contribution in [0.4, 0.5) is 0 Å². The van der Waals surface area contributed by atoms with Crippen LogP contribution in [0.15, 0.2) is 17.2 Å². The molecular weight excluding hydrogens is 292 g/mol. The van der Waals surface area contributed by atoms with Gasteiger partial charge in [0.25, 0.3) is 0 Å². The van der Waals surface area contributed by atoms with Crippen LogP contribution in [0.1, 0.15) is 56.6 Å². The largest absolute Gasteiger partial charge is 0.477 e. The fourth-order valence-electron chi connectivity index (χ4n) is 2.86. The van der Waals surface area contributed by atoms with E-state index in [1.165, 1.54) is 21.1 Å². The van der Waals surface area contributed by atoms with Gasteiger partial charge < -0.3 is 9.67 Å². The van der Waals surface area contributed by atoms with Crippen LogP contribution < -0.4 is 0 Å². The van der Waals surface area contributed by atoms with Crippen LogP contribution in [0, 0.1) is 0 Å². The third-order valence-electron chi connectivity index (χ3n) is 4.00. The lowest BCUT2D eigenvalue weighted by molar-refractivity contribution is 0.0683. The maximum absolute atomic E-state index is 12.7. The van der Waals surface area contributed by atoms with Crippen molar-refractivity contribution >= 4 is 16.0 Å². The monoisotopic (exact) mass is 314 g/mol. The Balaban J connectivity index is 2.46. The van der Waals surface area contributed by atoms with Gasteiger partial charge in [-0.2, -0.15) is 4.31 Å². The second-order valence-electron chi connectivity index (χ2n) is 5.69. The molecule has 0 saturated carbocycles. The number of aromatic nitrogens is 1. The lowest BCUT2D eigenvalue weighted by Crippen LogP contribution is -2.34. The summed E-state index contributed by atoms with van der Waals surface area (Å²) < 4.78 is 28.5. The molecule has 0 aliphatic carbocycles. The third-order valence-corrected chi connectivity index (χ3v) is 5.92. The SMILES string of the molecule is CCC1CCCN1S(=O)(=O)c1cc(C(=O)O)n(C(C)C)c1. The van der Waals surface area contributed by atoms with E-state index >= 15 is 0 Å². The van der Waals surface area contributed by atoms with Crippen LogP contribution in [-0.4, -0.2) is 41.0 Å². The molecule has 21 heavy (non-hydrogen) atoms. The van der Waals surface area contributed by atoms with Crippen LogP contribution in [0.25, 0.3) is 0 Å². The van der Waals surface area contributed by atoms with E-state index in [9.17, 15) is 18.3 Å². The summed E-state index contributed by atoms with van der Waals surface area (Å²) in [5, 5.41) is 9.23. The molecule has 1 N–H and O–H groups in total. The highest BCUT2D eigenvalue weighted by atomic mass is 32.2. The molecule has 0 aromatic carbocycles. The molecule has 1 aliphatic heterocycles. The molecule has 1 fully saturated rings. The van der Waals surface area contributed by atoms with E-state index in [1.807, 2.05) is 20.8 Å². The Kier molecular flexibility index (Phi) is 4.43. The van der Waals surface area contributed by atoms with Crippen molar-refractivity contribution in [3.05, 3.63) is 18.0 Å². The van der Waals surface area contributed by atoms with Crippen molar-refractivity contribution in [3.63, 3.8) is 0 Å². The van der Waals surface area contributed by atoms with Gasteiger partial charge in [0, 0.05) is 24.8 Å². The van der Waals surface area contributed by atoms with Crippen molar-refractivity contribution in [2.45, 2.75) is 57.0 Å². The zero-order valence-electron chi connectivity index (χ0n) is 12.6. The number of rotatable bonds is 5. The van der Waals surface area contributed by atoms with Gasteiger partial charge in [-0.25, -0.2) is 13.2 Å². The normalized spacial score (nSPS) is 20.3. The van der Waals surface area contributed by atoms with Gasteiger partial charge in [0.15, 0.2) is 0 Å². The van der Waals surface area contributed by atoms with Crippen molar-refractivity contribution in [3.8, 4) is 0 Å². The highest BCUT2D eigenvalue weighted by molar-refractivity contribution is 7.89. The number of nitrogens with zero attached hydrogens (tertiary/aromatic N) is 2. The Morgan fingerprint density at radius 2 is 2.14 bits per heavy atom. The van der Waals surface area contributed by atoms with Gasteiger partial charge in [0.05, 0.1) is 0 Å². The Bertz CT molecular complexity index is 633. The quantitative estimate of drug-likeness (QED) is 0.904. The number of aromatic carboxylic acids is 1. The van der Waals surface area contributed by atoms with Gasteiger partial charge in [-0.05, 0) is 39.2 Å². The Morgan fingerprint density at radius 3 is 2.62 bits per heavy atom. The molecule has 2 rings (SSSR count). The van der Waals surface area contributed by atoms with Gasteiger partial charge >= 0.3 is 5.97 Å². The Labute approximate surface area is 125 Å². The summed E-state index contributed by atoms with van der Waals surface area (Å²) in [5.74, 6) is -1.11. The molecule has 1 aromatic rings. The highest BCUT2D eigenvalue weighted by Crippen LogP contribution is 2.29. The molecule has 7 heteroatoms. The van der Waals surface area contributed by atoms with Gasteiger partial charge in [-0.3, -0.25) is 0 Å². The Hall–Kier alpha value is -1.34. The smallest absolute Gasteiger partial charge is 0.352 e. The lowest BCUT2D eigenvalue weighted by Gasteiger charge is -2.22. The van der Waals surface area contributed by atoms with Crippen LogP contribution in [0.5, 0.6) is 0 Å². The lowest BCUT2D eigenvalue weighted by atomic mass is 10.2. The molecule has 6 nitrogen and oxygen atoms in total. The Morgan fingerprint density at radius 1 is 1.48 bits per heavy atom. The van der Waals surface area contributed by atoms with Crippen molar-refractivity contribution in [1.82, 2.24) is 8.87 Å². The molecule has 2 heterocycles. The molecule has 0 amide bonds. The topological polar surface area (TPSA) is 79.6 Å². The van der Waals surface area contributed by atoms with Crippen molar-refractivity contribution < 1.29 is 18.3 Å².